The predicted octanol–water partition coefficient (Wildman–Crippen LogP) is 3.55. The van der Waals surface area contributed by atoms with Crippen LogP contribution in [0, 0.1) is 0 Å². The Morgan fingerprint density at radius 2 is 2.12 bits per heavy atom. The lowest BCUT2D eigenvalue weighted by molar-refractivity contribution is -0.0588. The SMILES string of the molecule is CN(C(=O)OC(C)(C)C)C1CC(C)(Oc2nc(Cl)cn3nccc23)C1. The highest BCUT2D eigenvalue weighted by molar-refractivity contribution is 6.29. The summed E-state index contributed by atoms with van der Waals surface area (Å²) in [5.74, 6) is 0.450. The molecule has 0 unspecified atom stereocenters. The summed E-state index contributed by atoms with van der Waals surface area (Å²) >= 11 is 6.03. The van der Waals surface area contributed by atoms with Crippen molar-refractivity contribution in [3.8, 4) is 5.88 Å². The van der Waals surface area contributed by atoms with E-state index in [4.69, 9.17) is 21.1 Å². The zero-order chi connectivity index (χ0) is 18.4. The molecule has 1 aliphatic rings. The Morgan fingerprint density at radius 1 is 1.44 bits per heavy atom. The average Bonchev–Trinajstić information content (AvgIpc) is 2.90. The van der Waals surface area contributed by atoms with E-state index in [0.717, 1.165) is 5.52 Å². The van der Waals surface area contributed by atoms with E-state index in [2.05, 4.69) is 10.1 Å². The van der Waals surface area contributed by atoms with Crippen LogP contribution in [-0.4, -0.2) is 49.9 Å². The monoisotopic (exact) mass is 366 g/mol. The van der Waals surface area contributed by atoms with Crippen molar-refractivity contribution < 1.29 is 14.3 Å². The van der Waals surface area contributed by atoms with Crippen molar-refractivity contribution in [3.05, 3.63) is 23.6 Å². The number of hydrogen-bond acceptors (Lipinski definition) is 5. The number of rotatable bonds is 3. The minimum atomic E-state index is -0.507. The Labute approximate surface area is 151 Å². The van der Waals surface area contributed by atoms with E-state index < -0.39 is 11.2 Å². The van der Waals surface area contributed by atoms with Crippen LogP contribution in [0.2, 0.25) is 5.15 Å². The molecule has 0 bridgehead atoms. The molecule has 2 aromatic rings. The highest BCUT2D eigenvalue weighted by atomic mass is 35.5. The van der Waals surface area contributed by atoms with Crippen LogP contribution in [0.4, 0.5) is 4.79 Å². The van der Waals surface area contributed by atoms with Crippen molar-refractivity contribution in [2.45, 2.75) is 57.8 Å². The summed E-state index contributed by atoms with van der Waals surface area (Å²) in [6.07, 6.45) is 4.36. The van der Waals surface area contributed by atoms with Crippen LogP contribution < -0.4 is 4.74 Å². The maximum Gasteiger partial charge on any atom is 0.410 e. The fourth-order valence-electron chi connectivity index (χ4n) is 2.96. The molecule has 0 atom stereocenters. The lowest BCUT2D eigenvalue weighted by atomic mass is 9.76. The number of amides is 1. The van der Waals surface area contributed by atoms with Crippen LogP contribution >= 0.6 is 11.6 Å². The molecule has 3 rings (SSSR count). The van der Waals surface area contributed by atoms with E-state index in [0.29, 0.717) is 23.9 Å². The van der Waals surface area contributed by atoms with Gasteiger partial charge in [-0.15, -0.1) is 0 Å². The topological polar surface area (TPSA) is 69.0 Å². The fourth-order valence-corrected chi connectivity index (χ4v) is 3.13. The zero-order valence-electron chi connectivity index (χ0n) is 15.1. The molecule has 1 fully saturated rings. The highest BCUT2D eigenvalue weighted by Crippen LogP contribution is 2.40. The molecule has 8 heteroatoms. The first-order chi connectivity index (χ1) is 11.6. The molecule has 0 N–H and O–H groups in total. The summed E-state index contributed by atoms with van der Waals surface area (Å²) in [6, 6.07) is 1.89. The van der Waals surface area contributed by atoms with Gasteiger partial charge >= 0.3 is 6.09 Å². The minimum Gasteiger partial charge on any atom is -0.470 e. The molecule has 2 heterocycles. The first-order valence-electron chi connectivity index (χ1n) is 8.21. The van der Waals surface area contributed by atoms with E-state index in [-0.39, 0.29) is 12.1 Å². The van der Waals surface area contributed by atoms with Gasteiger partial charge in [0, 0.05) is 25.9 Å². The minimum absolute atomic E-state index is 0.0694. The second-order valence-electron chi connectivity index (χ2n) is 7.74. The van der Waals surface area contributed by atoms with Gasteiger partial charge in [0.2, 0.25) is 5.88 Å². The van der Waals surface area contributed by atoms with E-state index in [1.807, 2.05) is 33.8 Å². The molecule has 1 aliphatic carbocycles. The van der Waals surface area contributed by atoms with E-state index >= 15 is 0 Å². The molecule has 1 saturated carbocycles. The van der Waals surface area contributed by atoms with Gasteiger partial charge in [-0.1, -0.05) is 11.6 Å². The van der Waals surface area contributed by atoms with Crippen LogP contribution in [-0.2, 0) is 4.74 Å². The van der Waals surface area contributed by atoms with Crippen molar-refractivity contribution in [2.75, 3.05) is 7.05 Å². The molecule has 25 heavy (non-hydrogen) atoms. The van der Waals surface area contributed by atoms with Crippen LogP contribution in [0.1, 0.15) is 40.5 Å². The van der Waals surface area contributed by atoms with E-state index in [1.165, 1.54) is 0 Å². The normalized spacial score (nSPS) is 23.2. The summed E-state index contributed by atoms with van der Waals surface area (Å²) in [5.41, 5.74) is -0.161. The smallest absolute Gasteiger partial charge is 0.410 e. The standard InChI is InChI=1S/C17H23ClN4O3/c1-16(2,3)25-15(23)21(5)11-8-17(4,9-11)24-14-12-6-7-19-22(12)10-13(18)20-14/h6-7,10-11H,8-9H2,1-5H3. The van der Waals surface area contributed by atoms with Crippen molar-refractivity contribution in [1.82, 2.24) is 19.5 Å². The summed E-state index contributed by atoms with van der Waals surface area (Å²) < 4.78 is 13.2. The number of hydrogen-bond donors (Lipinski definition) is 0. The lowest BCUT2D eigenvalue weighted by Crippen LogP contribution is -2.57. The molecule has 0 saturated heterocycles. The first kappa shape index (κ1) is 17.8. The number of carbonyl (C=O) groups excluding carboxylic acids is 1. The quantitative estimate of drug-likeness (QED) is 0.830. The third-order valence-corrected chi connectivity index (χ3v) is 4.42. The molecule has 0 aromatic carbocycles. The Hall–Kier alpha value is -2.02. The Kier molecular flexibility index (Phi) is 4.31. The van der Waals surface area contributed by atoms with Gasteiger partial charge in [-0.25, -0.2) is 9.31 Å². The third-order valence-electron chi connectivity index (χ3n) is 4.23. The second kappa shape index (κ2) is 6.05. The van der Waals surface area contributed by atoms with Crippen molar-refractivity contribution in [3.63, 3.8) is 0 Å². The predicted molar refractivity (Wildman–Crippen MR) is 94.0 cm³/mol. The molecular weight excluding hydrogens is 344 g/mol. The summed E-state index contributed by atoms with van der Waals surface area (Å²) in [6.45, 7) is 7.57. The van der Waals surface area contributed by atoms with Crippen LogP contribution in [0.25, 0.3) is 5.52 Å². The molecule has 0 radical (unpaired) electrons. The second-order valence-corrected chi connectivity index (χ2v) is 8.12. The Balaban J connectivity index is 1.66. The maximum atomic E-state index is 12.2. The van der Waals surface area contributed by atoms with Crippen LogP contribution in [0.3, 0.4) is 0 Å². The molecule has 7 nitrogen and oxygen atoms in total. The number of ether oxygens (including phenoxy) is 2. The van der Waals surface area contributed by atoms with Gasteiger partial charge in [-0.2, -0.15) is 10.1 Å². The molecule has 0 aliphatic heterocycles. The van der Waals surface area contributed by atoms with Gasteiger partial charge < -0.3 is 14.4 Å². The largest absolute Gasteiger partial charge is 0.470 e. The van der Waals surface area contributed by atoms with Gasteiger partial charge in [0.05, 0.1) is 12.4 Å². The van der Waals surface area contributed by atoms with Crippen LogP contribution in [0.15, 0.2) is 18.5 Å². The van der Waals surface area contributed by atoms with Crippen molar-refractivity contribution in [1.29, 1.82) is 0 Å². The molecule has 1 amide bonds. The van der Waals surface area contributed by atoms with E-state index in [9.17, 15) is 4.79 Å². The van der Waals surface area contributed by atoms with Gasteiger partial charge in [0.25, 0.3) is 0 Å². The zero-order valence-corrected chi connectivity index (χ0v) is 15.9. The van der Waals surface area contributed by atoms with Crippen LogP contribution in [0.5, 0.6) is 5.88 Å². The Bertz CT molecular complexity index is 793. The highest BCUT2D eigenvalue weighted by Gasteiger charge is 2.46. The molecule has 0 spiro atoms. The Morgan fingerprint density at radius 3 is 2.76 bits per heavy atom. The number of halogens is 1. The summed E-state index contributed by atoms with van der Waals surface area (Å²) in [7, 11) is 1.76. The van der Waals surface area contributed by atoms with Crippen molar-refractivity contribution >= 4 is 23.2 Å². The first-order valence-corrected chi connectivity index (χ1v) is 8.59. The number of carbonyl (C=O) groups is 1. The van der Waals surface area contributed by atoms with Crippen molar-refractivity contribution in [2.24, 2.45) is 0 Å². The summed E-state index contributed by atoms with van der Waals surface area (Å²) in [5, 5.41) is 4.47. The lowest BCUT2D eigenvalue weighted by Gasteiger charge is -2.48. The number of aromatic nitrogens is 3. The number of fused-ring (bicyclic) bond motifs is 1. The average molecular weight is 367 g/mol. The van der Waals surface area contributed by atoms with Gasteiger partial charge in [-0.3, -0.25) is 0 Å². The third kappa shape index (κ3) is 3.81. The molecular formula is C17H23ClN4O3. The molecule has 136 valence electrons. The molecule has 2 aromatic heterocycles. The van der Waals surface area contributed by atoms with Gasteiger partial charge in [0.15, 0.2) is 5.15 Å². The van der Waals surface area contributed by atoms with E-state index in [1.54, 1.807) is 28.9 Å². The maximum absolute atomic E-state index is 12.2. The van der Waals surface area contributed by atoms with Gasteiger partial charge in [-0.05, 0) is 33.8 Å². The fraction of sp³-hybridized carbons (Fsp3) is 0.588. The van der Waals surface area contributed by atoms with Gasteiger partial charge in [0.1, 0.15) is 16.7 Å². The number of nitrogens with zero attached hydrogens (tertiary/aromatic N) is 4. The summed E-state index contributed by atoms with van der Waals surface area (Å²) in [4.78, 5) is 18.1.